The second-order valence-electron chi connectivity index (χ2n) is 4.72. The summed E-state index contributed by atoms with van der Waals surface area (Å²) < 4.78 is 6.14. The molecule has 1 aromatic heterocycles. The summed E-state index contributed by atoms with van der Waals surface area (Å²) in [6.07, 6.45) is 0. The number of phenols is 1. The first-order chi connectivity index (χ1) is 9.70. The van der Waals surface area contributed by atoms with E-state index in [1.165, 1.54) is 11.3 Å². The second kappa shape index (κ2) is 3.84. The highest BCUT2D eigenvalue weighted by Crippen LogP contribution is 2.46. The zero-order valence-electron chi connectivity index (χ0n) is 10.6. The van der Waals surface area contributed by atoms with Crippen molar-refractivity contribution >= 4 is 27.2 Å². The van der Waals surface area contributed by atoms with Gasteiger partial charge in [0.25, 0.3) is 0 Å². The average molecular weight is 282 g/mol. The van der Waals surface area contributed by atoms with Gasteiger partial charge in [-0.3, -0.25) is 4.79 Å². The van der Waals surface area contributed by atoms with Gasteiger partial charge in [0.05, 0.1) is 7.11 Å². The number of phenolic OH excluding ortho intramolecular Hbond substituents is 1. The van der Waals surface area contributed by atoms with Gasteiger partial charge in [0.2, 0.25) is 0 Å². The van der Waals surface area contributed by atoms with Gasteiger partial charge in [0, 0.05) is 26.8 Å². The minimum Gasteiger partial charge on any atom is -0.507 e. The van der Waals surface area contributed by atoms with Gasteiger partial charge in [-0.1, -0.05) is 0 Å². The number of aromatic hydroxyl groups is 1. The maximum absolute atomic E-state index is 12.5. The molecule has 1 aliphatic carbocycles. The molecule has 1 N–H and O–H groups in total. The lowest BCUT2D eigenvalue weighted by Crippen LogP contribution is -1.95. The van der Waals surface area contributed by atoms with Crippen LogP contribution in [0, 0.1) is 0 Å². The second-order valence-corrected chi connectivity index (χ2v) is 5.64. The van der Waals surface area contributed by atoms with E-state index in [9.17, 15) is 9.90 Å². The first-order valence-corrected chi connectivity index (χ1v) is 7.05. The van der Waals surface area contributed by atoms with Crippen LogP contribution in [0.3, 0.4) is 0 Å². The Morgan fingerprint density at radius 2 is 1.95 bits per heavy atom. The number of hydrogen-bond donors (Lipinski definition) is 1. The molecule has 0 amide bonds. The predicted octanol–water partition coefficient (Wildman–Crippen LogP) is 3.83. The largest absolute Gasteiger partial charge is 0.507 e. The fourth-order valence-electron chi connectivity index (χ4n) is 2.76. The summed E-state index contributed by atoms with van der Waals surface area (Å²) in [5, 5.41) is 12.8. The van der Waals surface area contributed by atoms with Crippen molar-refractivity contribution in [1.82, 2.24) is 0 Å². The maximum atomic E-state index is 12.5. The summed E-state index contributed by atoms with van der Waals surface area (Å²) in [6.45, 7) is 0. The number of benzene rings is 2. The molecular formula is C16H10O3S. The molecule has 0 fully saturated rings. The first-order valence-electron chi connectivity index (χ1n) is 6.17. The summed E-state index contributed by atoms with van der Waals surface area (Å²) >= 11 is 1.54. The van der Waals surface area contributed by atoms with Crippen LogP contribution in [-0.4, -0.2) is 18.0 Å². The molecule has 98 valence electrons. The summed E-state index contributed by atoms with van der Waals surface area (Å²) in [5.41, 5.74) is 3.05. The number of fused-ring (bicyclic) bond motifs is 5. The van der Waals surface area contributed by atoms with E-state index >= 15 is 0 Å². The molecule has 2 aromatic carbocycles. The van der Waals surface area contributed by atoms with E-state index in [0.29, 0.717) is 16.9 Å². The van der Waals surface area contributed by atoms with E-state index in [4.69, 9.17) is 4.74 Å². The third-order valence-electron chi connectivity index (χ3n) is 3.70. The van der Waals surface area contributed by atoms with Gasteiger partial charge in [-0.25, -0.2) is 0 Å². The molecule has 3 nitrogen and oxygen atoms in total. The van der Waals surface area contributed by atoms with Crippen molar-refractivity contribution in [3.63, 3.8) is 0 Å². The topological polar surface area (TPSA) is 46.5 Å². The van der Waals surface area contributed by atoms with Crippen LogP contribution in [-0.2, 0) is 0 Å². The Hall–Kier alpha value is -2.33. The summed E-state index contributed by atoms with van der Waals surface area (Å²) in [7, 11) is 1.58. The Morgan fingerprint density at radius 3 is 2.75 bits per heavy atom. The van der Waals surface area contributed by atoms with Gasteiger partial charge in [-0.15, -0.1) is 11.3 Å². The minimum absolute atomic E-state index is 0.0560. The molecule has 0 bridgehead atoms. The number of hydrogen-bond acceptors (Lipinski definition) is 4. The minimum atomic E-state index is -0.0560. The Morgan fingerprint density at radius 1 is 1.10 bits per heavy atom. The van der Waals surface area contributed by atoms with Crippen molar-refractivity contribution in [1.29, 1.82) is 0 Å². The normalized spacial score (nSPS) is 12.6. The van der Waals surface area contributed by atoms with Crippen LogP contribution in [0.4, 0.5) is 0 Å². The van der Waals surface area contributed by atoms with Gasteiger partial charge in [-0.2, -0.15) is 0 Å². The molecule has 0 unspecified atom stereocenters. The van der Waals surface area contributed by atoms with Crippen LogP contribution in [0.1, 0.15) is 15.9 Å². The molecule has 4 heteroatoms. The van der Waals surface area contributed by atoms with E-state index in [1.807, 2.05) is 23.6 Å². The van der Waals surface area contributed by atoms with Crippen LogP contribution >= 0.6 is 11.3 Å². The number of carbonyl (C=O) groups excluding carboxylic acids is 1. The van der Waals surface area contributed by atoms with Crippen LogP contribution in [0.15, 0.2) is 35.7 Å². The highest BCUT2D eigenvalue weighted by Gasteiger charge is 2.30. The van der Waals surface area contributed by atoms with Gasteiger partial charge in [0.15, 0.2) is 5.78 Å². The van der Waals surface area contributed by atoms with E-state index in [1.54, 1.807) is 19.2 Å². The number of rotatable bonds is 1. The predicted molar refractivity (Wildman–Crippen MR) is 78.9 cm³/mol. The lowest BCUT2D eigenvalue weighted by Gasteiger charge is -2.04. The van der Waals surface area contributed by atoms with Crippen molar-refractivity contribution in [2.75, 3.05) is 7.11 Å². The molecule has 0 radical (unpaired) electrons. The quantitative estimate of drug-likeness (QED) is 0.577. The van der Waals surface area contributed by atoms with Crippen molar-refractivity contribution in [3.05, 3.63) is 46.8 Å². The third-order valence-corrected chi connectivity index (χ3v) is 4.64. The average Bonchev–Trinajstić information content (AvgIpc) is 3.04. The van der Waals surface area contributed by atoms with E-state index in [2.05, 4.69) is 0 Å². The van der Waals surface area contributed by atoms with Crippen molar-refractivity contribution in [2.24, 2.45) is 0 Å². The van der Waals surface area contributed by atoms with Gasteiger partial charge >= 0.3 is 0 Å². The number of ether oxygens (including phenoxy) is 1. The molecule has 20 heavy (non-hydrogen) atoms. The number of ketones is 1. The van der Waals surface area contributed by atoms with Crippen LogP contribution in [0.25, 0.3) is 21.2 Å². The highest BCUT2D eigenvalue weighted by molar-refractivity contribution is 7.18. The maximum Gasteiger partial charge on any atom is 0.194 e. The molecule has 0 saturated carbocycles. The summed E-state index contributed by atoms with van der Waals surface area (Å²) in [5.74, 6) is 0.768. The Labute approximate surface area is 119 Å². The molecule has 4 rings (SSSR count). The van der Waals surface area contributed by atoms with E-state index < -0.39 is 0 Å². The van der Waals surface area contributed by atoms with Crippen LogP contribution in [0.2, 0.25) is 0 Å². The summed E-state index contributed by atoms with van der Waals surface area (Å²) in [6, 6.07) is 8.97. The lowest BCUT2D eigenvalue weighted by molar-refractivity contribution is 0.104. The van der Waals surface area contributed by atoms with Crippen molar-refractivity contribution in [2.45, 2.75) is 0 Å². The molecule has 3 aromatic rings. The molecule has 0 saturated heterocycles. The van der Waals surface area contributed by atoms with Crippen LogP contribution < -0.4 is 4.74 Å². The standard InChI is InChI=1S/C16H10O3S/c1-19-8-2-3-9-11(6-8)15(18)12-7-13(17)10-4-5-20-16(10)14(9)12/h2-7,17H,1H3. The molecular weight excluding hydrogens is 272 g/mol. The zero-order valence-corrected chi connectivity index (χ0v) is 11.5. The SMILES string of the molecule is COc1ccc2c(c1)C(=O)c1cc(O)c3ccsc3c1-2. The Kier molecular flexibility index (Phi) is 2.20. The van der Waals surface area contributed by atoms with E-state index in [0.717, 1.165) is 21.2 Å². The zero-order chi connectivity index (χ0) is 13.9. The van der Waals surface area contributed by atoms with Gasteiger partial charge < -0.3 is 9.84 Å². The fraction of sp³-hybridized carbons (Fsp3) is 0.0625. The third kappa shape index (κ3) is 1.31. The number of methoxy groups -OCH3 is 1. The van der Waals surface area contributed by atoms with Crippen LogP contribution in [0.5, 0.6) is 11.5 Å². The monoisotopic (exact) mass is 282 g/mol. The number of thiophene rings is 1. The van der Waals surface area contributed by atoms with Crippen molar-refractivity contribution in [3.8, 4) is 22.6 Å². The Bertz CT molecular complexity index is 877. The first kappa shape index (κ1) is 11.5. The van der Waals surface area contributed by atoms with Gasteiger partial charge in [0.1, 0.15) is 11.5 Å². The molecule has 0 aliphatic heterocycles. The van der Waals surface area contributed by atoms with Crippen molar-refractivity contribution < 1.29 is 14.6 Å². The number of carbonyl (C=O) groups is 1. The molecule has 0 spiro atoms. The fourth-order valence-corrected chi connectivity index (χ4v) is 3.74. The smallest absolute Gasteiger partial charge is 0.194 e. The molecule has 1 heterocycles. The highest BCUT2D eigenvalue weighted by atomic mass is 32.1. The summed E-state index contributed by atoms with van der Waals surface area (Å²) in [4.78, 5) is 12.5. The molecule has 0 atom stereocenters. The molecule has 1 aliphatic rings. The van der Waals surface area contributed by atoms with E-state index in [-0.39, 0.29) is 11.5 Å². The Balaban J connectivity index is 2.13. The lowest BCUT2D eigenvalue weighted by atomic mass is 10.0. The van der Waals surface area contributed by atoms with Gasteiger partial charge in [-0.05, 0) is 41.3 Å².